The van der Waals surface area contributed by atoms with E-state index in [2.05, 4.69) is 16.9 Å². The van der Waals surface area contributed by atoms with Crippen molar-refractivity contribution in [3.8, 4) is 0 Å². The van der Waals surface area contributed by atoms with Gasteiger partial charge in [0.05, 0.1) is 0 Å². The van der Waals surface area contributed by atoms with E-state index in [0.717, 1.165) is 6.42 Å². The molecule has 1 heterocycles. The Bertz CT molecular complexity index is 384. The Morgan fingerprint density at radius 3 is 2.93 bits per heavy atom. The van der Waals surface area contributed by atoms with E-state index in [4.69, 9.17) is 0 Å². The third-order valence-corrected chi connectivity index (χ3v) is 2.11. The van der Waals surface area contributed by atoms with E-state index in [1.54, 1.807) is 24.6 Å². The van der Waals surface area contributed by atoms with Gasteiger partial charge < -0.3 is 15.4 Å². The maximum Gasteiger partial charge on any atom is 0.406 e. The number of hydrogen-bond donors (Lipinski definition) is 1. The molecule has 6 heteroatoms. The lowest BCUT2D eigenvalue weighted by molar-refractivity contribution is -0.388. The molecule has 0 aliphatic heterocycles. The first-order valence-electron chi connectivity index (χ1n) is 4.60. The van der Waals surface area contributed by atoms with Crippen molar-refractivity contribution in [2.75, 3.05) is 11.9 Å². The molecule has 15 heavy (non-hydrogen) atoms. The molecule has 0 aliphatic rings. The molecule has 0 aromatic carbocycles. The van der Waals surface area contributed by atoms with Gasteiger partial charge in [0.2, 0.25) is 11.6 Å². The number of aryl methyl sites for hydroxylation is 1. The Balaban J connectivity index is 2.92. The second-order valence-corrected chi connectivity index (χ2v) is 3.15. The van der Waals surface area contributed by atoms with Crippen molar-refractivity contribution in [3.05, 3.63) is 28.6 Å². The van der Waals surface area contributed by atoms with Gasteiger partial charge in [0.1, 0.15) is 0 Å². The van der Waals surface area contributed by atoms with E-state index in [-0.39, 0.29) is 5.82 Å². The van der Waals surface area contributed by atoms with Crippen LogP contribution in [-0.2, 0) is 7.05 Å². The van der Waals surface area contributed by atoms with Crippen molar-refractivity contribution in [2.45, 2.75) is 13.3 Å². The van der Waals surface area contributed by atoms with Gasteiger partial charge in [-0.3, -0.25) is 4.57 Å². The van der Waals surface area contributed by atoms with E-state index >= 15 is 0 Å². The molecule has 1 rings (SSSR count). The van der Waals surface area contributed by atoms with Crippen molar-refractivity contribution >= 4 is 11.6 Å². The van der Waals surface area contributed by atoms with Crippen LogP contribution in [0.25, 0.3) is 0 Å². The van der Waals surface area contributed by atoms with E-state index in [0.29, 0.717) is 18.2 Å². The highest BCUT2D eigenvalue weighted by atomic mass is 16.6. The normalized spacial score (nSPS) is 10.0. The molecule has 0 unspecified atom stereocenters. The zero-order chi connectivity index (χ0) is 11.4. The summed E-state index contributed by atoms with van der Waals surface area (Å²) in [6.07, 6.45) is 2.50. The first-order valence-corrected chi connectivity index (χ1v) is 4.60. The van der Waals surface area contributed by atoms with Crippen molar-refractivity contribution in [1.29, 1.82) is 0 Å². The molecule has 0 atom stereocenters. The van der Waals surface area contributed by atoms with Gasteiger partial charge >= 0.3 is 5.82 Å². The van der Waals surface area contributed by atoms with Crippen LogP contribution in [0.2, 0.25) is 0 Å². The Morgan fingerprint density at radius 2 is 2.40 bits per heavy atom. The molecule has 1 N–H and O–H groups in total. The quantitative estimate of drug-likeness (QED) is 0.347. The third-order valence-electron chi connectivity index (χ3n) is 2.11. The minimum absolute atomic E-state index is 0.126. The third kappa shape index (κ3) is 2.34. The van der Waals surface area contributed by atoms with Gasteiger partial charge in [-0.1, -0.05) is 6.08 Å². The predicted octanol–water partition coefficient (Wildman–Crippen LogP) is 1.62. The van der Waals surface area contributed by atoms with Crippen LogP contribution in [0.1, 0.15) is 12.2 Å². The van der Waals surface area contributed by atoms with Crippen LogP contribution in [0, 0.1) is 17.0 Å². The van der Waals surface area contributed by atoms with Gasteiger partial charge in [0.25, 0.3) is 0 Å². The number of rotatable bonds is 5. The molecule has 0 bridgehead atoms. The molecule has 0 spiro atoms. The zero-order valence-electron chi connectivity index (χ0n) is 8.86. The molecular formula is C9H14N4O2. The largest absolute Gasteiger partial charge is 0.406 e. The Labute approximate surface area is 87.8 Å². The SMILES string of the molecule is C=CCCNc1c([N+](=O)[O-])nc(C)n1C. The monoisotopic (exact) mass is 210 g/mol. The molecule has 0 fully saturated rings. The van der Waals surface area contributed by atoms with E-state index in [9.17, 15) is 10.1 Å². The van der Waals surface area contributed by atoms with Crippen molar-refractivity contribution < 1.29 is 4.92 Å². The lowest BCUT2D eigenvalue weighted by Crippen LogP contribution is -2.07. The molecule has 0 radical (unpaired) electrons. The van der Waals surface area contributed by atoms with Crippen LogP contribution in [0.15, 0.2) is 12.7 Å². The summed E-state index contributed by atoms with van der Waals surface area (Å²) < 4.78 is 1.67. The highest BCUT2D eigenvalue weighted by molar-refractivity contribution is 5.53. The minimum Gasteiger partial charge on any atom is -0.364 e. The molecule has 1 aromatic rings. The van der Waals surface area contributed by atoms with Crippen LogP contribution >= 0.6 is 0 Å². The number of nitro groups is 1. The number of nitrogens with one attached hydrogen (secondary N) is 1. The maximum atomic E-state index is 10.7. The molecule has 82 valence electrons. The average Bonchev–Trinajstić information content (AvgIpc) is 2.46. The fourth-order valence-electron chi connectivity index (χ4n) is 1.21. The summed E-state index contributed by atoms with van der Waals surface area (Å²) in [6, 6.07) is 0. The maximum absolute atomic E-state index is 10.7. The fourth-order valence-corrected chi connectivity index (χ4v) is 1.21. The summed E-state index contributed by atoms with van der Waals surface area (Å²) in [6.45, 7) is 5.92. The number of aromatic nitrogens is 2. The Hall–Kier alpha value is -1.85. The summed E-state index contributed by atoms with van der Waals surface area (Å²) in [5.41, 5.74) is 0. The molecular weight excluding hydrogens is 196 g/mol. The summed E-state index contributed by atoms with van der Waals surface area (Å²) in [5.74, 6) is 0.932. The van der Waals surface area contributed by atoms with Gasteiger partial charge in [-0.25, -0.2) is 0 Å². The molecule has 0 aliphatic carbocycles. The summed E-state index contributed by atoms with van der Waals surface area (Å²) >= 11 is 0. The molecule has 1 aromatic heterocycles. The highest BCUT2D eigenvalue weighted by Crippen LogP contribution is 2.23. The van der Waals surface area contributed by atoms with Gasteiger partial charge in [-0.2, -0.15) is 0 Å². The number of nitrogens with zero attached hydrogens (tertiary/aromatic N) is 3. The van der Waals surface area contributed by atoms with Crippen molar-refractivity contribution in [1.82, 2.24) is 9.55 Å². The fraction of sp³-hybridized carbons (Fsp3) is 0.444. The van der Waals surface area contributed by atoms with Gasteiger partial charge in [-0.15, -0.1) is 6.58 Å². The number of imidazole rings is 1. The standard InChI is InChI=1S/C9H14N4O2/c1-4-5-6-10-8-9(13(14)15)11-7(2)12(8)3/h4,10H,1,5-6H2,2-3H3. The predicted molar refractivity (Wildman–Crippen MR) is 57.9 cm³/mol. The number of hydrogen-bond acceptors (Lipinski definition) is 4. The van der Waals surface area contributed by atoms with Gasteiger partial charge in [0, 0.05) is 20.5 Å². The Kier molecular flexibility index (Phi) is 3.43. The Morgan fingerprint density at radius 1 is 1.73 bits per heavy atom. The lowest BCUT2D eigenvalue weighted by Gasteiger charge is -2.04. The van der Waals surface area contributed by atoms with E-state index < -0.39 is 4.92 Å². The van der Waals surface area contributed by atoms with Crippen molar-refractivity contribution in [3.63, 3.8) is 0 Å². The minimum atomic E-state index is -0.483. The topological polar surface area (TPSA) is 73.0 Å². The zero-order valence-corrected chi connectivity index (χ0v) is 8.86. The van der Waals surface area contributed by atoms with Gasteiger partial charge in [-0.05, 0) is 16.3 Å². The highest BCUT2D eigenvalue weighted by Gasteiger charge is 2.22. The van der Waals surface area contributed by atoms with Crippen LogP contribution in [0.5, 0.6) is 0 Å². The summed E-state index contributed by atoms with van der Waals surface area (Å²) in [7, 11) is 1.74. The van der Waals surface area contributed by atoms with E-state index in [1.807, 2.05) is 0 Å². The second-order valence-electron chi connectivity index (χ2n) is 3.15. The molecule has 6 nitrogen and oxygen atoms in total. The molecule has 0 saturated carbocycles. The number of anilines is 1. The van der Waals surface area contributed by atoms with Crippen LogP contribution in [0.3, 0.4) is 0 Å². The van der Waals surface area contributed by atoms with Crippen LogP contribution in [-0.4, -0.2) is 21.0 Å². The first kappa shape index (κ1) is 11.2. The lowest BCUT2D eigenvalue weighted by atomic mass is 10.4. The van der Waals surface area contributed by atoms with Gasteiger partial charge in [0.15, 0.2) is 0 Å². The van der Waals surface area contributed by atoms with Crippen LogP contribution in [0.4, 0.5) is 11.6 Å². The smallest absolute Gasteiger partial charge is 0.364 e. The van der Waals surface area contributed by atoms with Crippen molar-refractivity contribution in [2.24, 2.45) is 7.05 Å². The molecule has 0 saturated heterocycles. The summed E-state index contributed by atoms with van der Waals surface area (Å²) in [4.78, 5) is 14.1. The first-order chi connectivity index (χ1) is 7.07. The van der Waals surface area contributed by atoms with E-state index in [1.165, 1.54) is 0 Å². The summed E-state index contributed by atoms with van der Waals surface area (Å²) in [5, 5.41) is 13.7. The van der Waals surface area contributed by atoms with Crippen LogP contribution < -0.4 is 5.32 Å². The second kappa shape index (κ2) is 4.59. The average molecular weight is 210 g/mol. The molecule has 0 amide bonds.